The van der Waals surface area contributed by atoms with Gasteiger partial charge in [0.2, 0.25) is 0 Å². The van der Waals surface area contributed by atoms with Gasteiger partial charge in [-0.1, -0.05) is 30.3 Å². The zero-order valence-corrected chi connectivity index (χ0v) is 15.1. The molecule has 1 unspecified atom stereocenters. The minimum Gasteiger partial charge on any atom is -0.497 e. The Hall–Kier alpha value is -3.39. The van der Waals surface area contributed by atoms with Crippen LogP contribution in [0.2, 0.25) is 0 Å². The van der Waals surface area contributed by atoms with Gasteiger partial charge >= 0.3 is 6.09 Å². The van der Waals surface area contributed by atoms with Crippen LogP contribution < -0.4 is 25.8 Å². The van der Waals surface area contributed by atoms with Crippen LogP contribution >= 0.6 is 0 Å². The lowest BCUT2D eigenvalue weighted by atomic mass is 10.1. The Labute approximate surface area is 156 Å². The number of nitrogens with two attached hydrogens (primary N) is 1. The van der Waals surface area contributed by atoms with Gasteiger partial charge in [0, 0.05) is 12.6 Å². The van der Waals surface area contributed by atoms with Crippen molar-refractivity contribution in [2.75, 3.05) is 26.0 Å². The summed E-state index contributed by atoms with van der Waals surface area (Å²) in [5.74, 6) is 1.31. The smallest absolute Gasteiger partial charge is 0.410 e. The molecule has 2 aromatic carbocycles. The van der Waals surface area contributed by atoms with Crippen LogP contribution in [0.5, 0.6) is 11.5 Å². The summed E-state index contributed by atoms with van der Waals surface area (Å²) in [7, 11) is 3.41. The predicted molar refractivity (Wildman–Crippen MR) is 103 cm³/mol. The van der Waals surface area contributed by atoms with E-state index < -0.39 is 6.09 Å². The second-order valence-electron chi connectivity index (χ2n) is 5.83. The first-order valence-corrected chi connectivity index (χ1v) is 8.38. The molecular weight excluding hydrogens is 346 g/mol. The van der Waals surface area contributed by atoms with E-state index in [0.29, 0.717) is 29.0 Å². The third kappa shape index (κ3) is 4.24. The summed E-state index contributed by atoms with van der Waals surface area (Å²) in [6, 6.07) is 13.3. The molecule has 1 aromatic heterocycles. The van der Waals surface area contributed by atoms with Gasteiger partial charge in [0.15, 0.2) is 5.75 Å². The number of carbonyl (C=O) groups is 1. The zero-order valence-electron chi connectivity index (χ0n) is 15.1. The number of rotatable bonds is 7. The molecule has 0 bridgehead atoms. The number of hydrogen-bond acceptors (Lipinski definition) is 7. The van der Waals surface area contributed by atoms with Gasteiger partial charge in [-0.3, -0.25) is 0 Å². The van der Waals surface area contributed by atoms with E-state index in [1.807, 2.05) is 37.4 Å². The van der Waals surface area contributed by atoms with Gasteiger partial charge in [-0.2, -0.15) is 0 Å². The third-order valence-corrected chi connectivity index (χ3v) is 4.04. The Morgan fingerprint density at radius 3 is 2.67 bits per heavy atom. The molecule has 1 heterocycles. The number of methoxy groups -OCH3 is 1. The number of ether oxygens (including phenoxy) is 2. The number of carbonyl (C=O) groups excluding carboxylic acids is 1. The number of nitrogens with one attached hydrogen (secondary N) is 2. The topological polar surface area (TPSA) is 111 Å². The van der Waals surface area contributed by atoms with E-state index in [9.17, 15) is 4.79 Å². The first-order valence-electron chi connectivity index (χ1n) is 8.38. The Kier molecular flexibility index (Phi) is 5.68. The summed E-state index contributed by atoms with van der Waals surface area (Å²) < 4.78 is 10.4. The minimum atomic E-state index is -0.921. The highest BCUT2D eigenvalue weighted by molar-refractivity contribution is 5.95. The van der Waals surface area contributed by atoms with Gasteiger partial charge in [-0.15, -0.1) is 0 Å². The average molecular weight is 367 g/mol. The molecule has 0 spiro atoms. The predicted octanol–water partition coefficient (Wildman–Crippen LogP) is 2.47. The van der Waals surface area contributed by atoms with Crippen molar-refractivity contribution in [2.45, 2.75) is 6.04 Å². The van der Waals surface area contributed by atoms with Crippen LogP contribution in [0.25, 0.3) is 10.9 Å². The molecule has 0 saturated heterocycles. The fourth-order valence-corrected chi connectivity index (χ4v) is 2.84. The van der Waals surface area contributed by atoms with E-state index in [2.05, 4.69) is 20.6 Å². The Balaban J connectivity index is 2.06. The number of benzene rings is 2. The molecule has 140 valence electrons. The minimum absolute atomic E-state index is 0.0268. The van der Waals surface area contributed by atoms with Crippen molar-refractivity contribution in [3.8, 4) is 11.5 Å². The van der Waals surface area contributed by atoms with Crippen LogP contribution in [0.3, 0.4) is 0 Å². The summed E-state index contributed by atoms with van der Waals surface area (Å²) in [4.78, 5) is 19.9. The van der Waals surface area contributed by atoms with Crippen molar-refractivity contribution in [3.05, 3.63) is 54.4 Å². The number of primary amides is 1. The molecule has 27 heavy (non-hydrogen) atoms. The van der Waals surface area contributed by atoms with Crippen molar-refractivity contribution in [1.82, 2.24) is 15.3 Å². The Bertz CT molecular complexity index is 933. The first kappa shape index (κ1) is 18.4. The van der Waals surface area contributed by atoms with E-state index in [-0.39, 0.29) is 11.8 Å². The van der Waals surface area contributed by atoms with Gasteiger partial charge in [0.05, 0.1) is 18.5 Å². The third-order valence-electron chi connectivity index (χ3n) is 4.04. The Morgan fingerprint density at radius 1 is 1.22 bits per heavy atom. The van der Waals surface area contributed by atoms with Gasteiger partial charge in [0.25, 0.3) is 0 Å². The van der Waals surface area contributed by atoms with Crippen molar-refractivity contribution >= 4 is 22.8 Å². The lowest BCUT2D eigenvalue weighted by Crippen LogP contribution is -2.24. The number of anilines is 1. The molecule has 8 heteroatoms. The quantitative estimate of drug-likeness (QED) is 0.588. The summed E-state index contributed by atoms with van der Waals surface area (Å²) in [5.41, 5.74) is 6.74. The molecule has 0 saturated carbocycles. The molecule has 0 fully saturated rings. The Morgan fingerprint density at radius 2 is 2.00 bits per heavy atom. The van der Waals surface area contributed by atoms with Crippen molar-refractivity contribution < 1.29 is 14.3 Å². The lowest BCUT2D eigenvalue weighted by molar-refractivity contribution is 0.211. The van der Waals surface area contributed by atoms with Crippen LogP contribution in [0.1, 0.15) is 11.6 Å². The van der Waals surface area contributed by atoms with Crippen LogP contribution in [-0.4, -0.2) is 36.8 Å². The second-order valence-corrected chi connectivity index (χ2v) is 5.83. The molecule has 0 aliphatic heterocycles. The highest BCUT2D eigenvalue weighted by Gasteiger charge is 2.17. The molecule has 0 aliphatic rings. The van der Waals surface area contributed by atoms with Crippen LogP contribution in [0.4, 0.5) is 10.6 Å². The summed E-state index contributed by atoms with van der Waals surface area (Å²) >= 11 is 0. The molecule has 1 amide bonds. The molecule has 0 radical (unpaired) electrons. The summed E-state index contributed by atoms with van der Waals surface area (Å²) in [5, 5.41) is 7.27. The van der Waals surface area contributed by atoms with Gasteiger partial charge < -0.3 is 25.8 Å². The number of hydrogen-bond donors (Lipinski definition) is 3. The fourth-order valence-electron chi connectivity index (χ4n) is 2.84. The van der Waals surface area contributed by atoms with E-state index >= 15 is 0 Å². The van der Waals surface area contributed by atoms with Crippen LogP contribution in [0.15, 0.2) is 48.8 Å². The molecule has 4 N–H and O–H groups in total. The van der Waals surface area contributed by atoms with Crippen LogP contribution in [-0.2, 0) is 0 Å². The standard InChI is InChI=1S/C19H21N5O3/c1-21-10-15(12-6-4-3-5-7-12)24-18-14-8-13(26-2)9-16(27-19(20)25)17(14)22-11-23-18/h3-9,11,15,21H,10H2,1-2H3,(H2,20,25)(H,22,23,24). The number of fused-ring (bicyclic) bond motifs is 1. The van der Waals surface area contributed by atoms with E-state index in [1.54, 1.807) is 12.1 Å². The molecule has 1 atom stereocenters. The number of aromatic nitrogens is 2. The second kappa shape index (κ2) is 8.33. The highest BCUT2D eigenvalue weighted by Crippen LogP contribution is 2.34. The van der Waals surface area contributed by atoms with E-state index in [1.165, 1.54) is 13.4 Å². The molecule has 8 nitrogen and oxygen atoms in total. The number of likely N-dealkylation sites (N-methyl/N-ethyl adjacent to an activating group) is 1. The lowest BCUT2D eigenvalue weighted by Gasteiger charge is -2.21. The molecule has 3 rings (SSSR count). The van der Waals surface area contributed by atoms with Crippen LogP contribution in [0, 0.1) is 0 Å². The normalized spacial score (nSPS) is 11.8. The van der Waals surface area contributed by atoms with Gasteiger partial charge in [0.1, 0.15) is 23.4 Å². The maximum Gasteiger partial charge on any atom is 0.410 e. The zero-order chi connectivity index (χ0) is 19.2. The largest absolute Gasteiger partial charge is 0.497 e. The van der Waals surface area contributed by atoms with Crippen molar-refractivity contribution in [2.24, 2.45) is 5.73 Å². The van der Waals surface area contributed by atoms with Crippen molar-refractivity contribution in [1.29, 1.82) is 0 Å². The SMILES string of the molecule is CNCC(Nc1ncnc2c(OC(N)=O)cc(OC)cc12)c1ccccc1. The molecule has 0 aliphatic carbocycles. The first-order chi connectivity index (χ1) is 13.1. The number of amides is 1. The van der Waals surface area contributed by atoms with E-state index in [0.717, 1.165) is 5.56 Å². The average Bonchev–Trinajstić information content (AvgIpc) is 2.68. The number of nitrogens with zero attached hydrogens (tertiary/aromatic N) is 2. The van der Waals surface area contributed by atoms with Crippen molar-refractivity contribution in [3.63, 3.8) is 0 Å². The highest BCUT2D eigenvalue weighted by atomic mass is 16.5. The molecular formula is C19H21N5O3. The fraction of sp³-hybridized carbons (Fsp3) is 0.211. The summed E-state index contributed by atoms with van der Waals surface area (Å²) in [6.45, 7) is 0.685. The van der Waals surface area contributed by atoms with Gasteiger partial charge in [-0.05, 0) is 18.7 Å². The maximum atomic E-state index is 11.2. The van der Waals surface area contributed by atoms with E-state index in [4.69, 9.17) is 15.2 Å². The van der Waals surface area contributed by atoms with Gasteiger partial charge in [-0.25, -0.2) is 14.8 Å². The molecule has 3 aromatic rings. The maximum absolute atomic E-state index is 11.2. The summed E-state index contributed by atoms with van der Waals surface area (Å²) in [6.07, 6.45) is 0.488. The monoisotopic (exact) mass is 367 g/mol.